The summed E-state index contributed by atoms with van der Waals surface area (Å²) in [6, 6.07) is 65.1. The normalized spacial score (nSPS) is 11.8. The number of fused-ring (bicyclic) bond motifs is 9. The monoisotopic (exact) mass is 677 g/mol. The molecule has 8 aromatic carbocycles. The van der Waals surface area contributed by atoms with E-state index in [1.54, 1.807) is 0 Å². The third-order valence-corrected chi connectivity index (χ3v) is 10.6. The third kappa shape index (κ3) is 4.73. The second-order valence-electron chi connectivity index (χ2n) is 13.6. The fraction of sp³-hybridized carbons (Fsp3) is 0. The van der Waals surface area contributed by atoms with Crippen LogP contribution < -0.4 is 4.90 Å². The highest BCUT2D eigenvalue weighted by molar-refractivity contribution is 6.21. The lowest BCUT2D eigenvalue weighted by molar-refractivity contribution is 0.668. The van der Waals surface area contributed by atoms with Crippen LogP contribution in [-0.4, -0.2) is 9.55 Å². The van der Waals surface area contributed by atoms with Crippen LogP contribution in [0.15, 0.2) is 193 Å². The maximum Gasteiger partial charge on any atom is 0.153 e. The molecular weight excluding hydrogens is 647 g/mol. The molecule has 0 radical (unpaired) electrons. The first-order valence-electron chi connectivity index (χ1n) is 17.9. The van der Waals surface area contributed by atoms with E-state index in [1.165, 1.54) is 43.4 Å². The zero-order valence-electron chi connectivity index (χ0n) is 28.6. The summed E-state index contributed by atoms with van der Waals surface area (Å²) in [4.78, 5) is 6.92. The van der Waals surface area contributed by atoms with Crippen LogP contribution in [0, 0.1) is 0 Å². The van der Waals surface area contributed by atoms with Gasteiger partial charge in [-0.3, -0.25) is 4.98 Å². The number of anilines is 3. The van der Waals surface area contributed by atoms with Gasteiger partial charge >= 0.3 is 0 Å². The number of hydrogen-bond acceptors (Lipinski definition) is 3. The fourth-order valence-corrected chi connectivity index (χ4v) is 8.15. The van der Waals surface area contributed by atoms with Crippen molar-refractivity contribution >= 4 is 82.5 Å². The summed E-state index contributed by atoms with van der Waals surface area (Å²) < 4.78 is 8.73. The van der Waals surface area contributed by atoms with Gasteiger partial charge in [-0.2, -0.15) is 0 Å². The summed E-state index contributed by atoms with van der Waals surface area (Å²) in [7, 11) is 0. The van der Waals surface area contributed by atoms with Gasteiger partial charge in [0.1, 0.15) is 11.1 Å². The highest BCUT2D eigenvalue weighted by Gasteiger charge is 2.18. The summed E-state index contributed by atoms with van der Waals surface area (Å²) in [6.07, 6.45) is 1.82. The fourth-order valence-electron chi connectivity index (χ4n) is 8.15. The highest BCUT2D eigenvalue weighted by Crippen LogP contribution is 2.41. The van der Waals surface area contributed by atoms with Crippen molar-refractivity contribution in [2.75, 3.05) is 4.90 Å². The number of furan rings is 1. The first-order valence-corrected chi connectivity index (χ1v) is 17.9. The predicted molar refractivity (Wildman–Crippen MR) is 221 cm³/mol. The molecule has 0 amide bonds. The molecule has 0 bridgehead atoms. The standard InChI is InChI=1S/C49H31N3O/c1-2-12-34-28-39(23-21-32(34)10-1)51(40-24-25-43-47(31-40)53-46-20-9-27-50-49(43)46)37-15-7-13-35(29-37)36-14-8-16-38(30-36)52-44-19-6-5-18-42(44)48-41-17-4-3-11-33(41)22-26-45(48)52/h1-31H. The van der Waals surface area contributed by atoms with E-state index in [0.29, 0.717) is 0 Å². The van der Waals surface area contributed by atoms with Crippen LogP contribution in [0.1, 0.15) is 0 Å². The van der Waals surface area contributed by atoms with Gasteiger partial charge in [0.05, 0.1) is 11.0 Å². The molecule has 53 heavy (non-hydrogen) atoms. The summed E-state index contributed by atoms with van der Waals surface area (Å²) in [5.41, 5.74) is 11.4. The Morgan fingerprint density at radius 1 is 0.434 bits per heavy atom. The van der Waals surface area contributed by atoms with Crippen LogP contribution in [0.5, 0.6) is 0 Å². The van der Waals surface area contributed by atoms with Crippen molar-refractivity contribution in [1.29, 1.82) is 0 Å². The summed E-state index contributed by atoms with van der Waals surface area (Å²) >= 11 is 0. The number of benzene rings is 8. The van der Waals surface area contributed by atoms with Gasteiger partial charge in [-0.25, -0.2) is 0 Å². The van der Waals surface area contributed by atoms with E-state index in [1.807, 2.05) is 18.3 Å². The Kier molecular flexibility index (Phi) is 6.52. The average molecular weight is 678 g/mol. The van der Waals surface area contributed by atoms with Gasteiger partial charge < -0.3 is 13.9 Å². The molecule has 11 rings (SSSR count). The molecule has 0 saturated carbocycles. The molecule has 0 aliphatic carbocycles. The lowest BCUT2D eigenvalue weighted by Crippen LogP contribution is -2.10. The molecule has 0 aliphatic rings. The first kappa shape index (κ1) is 29.5. The van der Waals surface area contributed by atoms with Crippen LogP contribution in [0.2, 0.25) is 0 Å². The van der Waals surface area contributed by atoms with E-state index in [-0.39, 0.29) is 0 Å². The van der Waals surface area contributed by atoms with E-state index >= 15 is 0 Å². The molecule has 4 nitrogen and oxygen atoms in total. The predicted octanol–water partition coefficient (Wildman–Crippen LogP) is 13.5. The highest BCUT2D eigenvalue weighted by atomic mass is 16.3. The quantitative estimate of drug-likeness (QED) is 0.182. The van der Waals surface area contributed by atoms with Crippen molar-refractivity contribution in [2.24, 2.45) is 0 Å². The van der Waals surface area contributed by atoms with E-state index in [2.05, 4.69) is 184 Å². The summed E-state index contributed by atoms with van der Waals surface area (Å²) in [6.45, 7) is 0. The van der Waals surface area contributed by atoms with Gasteiger partial charge in [0.25, 0.3) is 0 Å². The Balaban J connectivity index is 1.07. The number of hydrogen-bond donors (Lipinski definition) is 0. The zero-order valence-corrected chi connectivity index (χ0v) is 28.6. The molecule has 11 aromatic rings. The van der Waals surface area contributed by atoms with Crippen molar-refractivity contribution in [3.05, 3.63) is 188 Å². The molecule has 0 N–H and O–H groups in total. The Hall–Kier alpha value is -7.17. The molecule has 0 spiro atoms. The van der Waals surface area contributed by atoms with Crippen molar-refractivity contribution in [3.63, 3.8) is 0 Å². The average Bonchev–Trinajstić information content (AvgIpc) is 3.77. The maximum absolute atomic E-state index is 6.32. The lowest BCUT2D eigenvalue weighted by atomic mass is 10.0. The van der Waals surface area contributed by atoms with Crippen LogP contribution in [0.3, 0.4) is 0 Å². The SMILES string of the molecule is c1cc(-c2cccc(-n3c4ccccc4c4c5ccccc5ccc43)c2)cc(N(c2ccc3ccccc3c2)c2ccc3c(c2)oc2cccnc23)c1. The Morgan fingerprint density at radius 3 is 2.08 bits per heavy atom. The molecule has 4 heteroatoms. The van der Waals surface area contributed by atoms with Gasteiger partial charge in [-0.15, -0.1) is 0 Å². The first-order chi connectivity index (χ1) is 26.3. The molecule has 0 aliphatic heterocycles. The van der Waals surface area contributed by atoms with Crippen molar-refractivity contribution in [3.8, 4) is 16.8 Å². The van der Waals surface area contributed by atoms with Crippen LogP contribution in [0.4, 0.5) is 17.1 Å². The number of pyridine rings is 1. The molecule has 3 heterocycles. The number of nitrogens with zero attached hydrogens (tertiary/aromatic N) is 3. The third-order valence-electron chi connectivity index (χ3n) is 10.6. The van der Waals surface area contributed by atoms with Gasteiger partial charge in [-0.1, -0.05) is 103 Å². The lowest BCUT2D eigenvalue weighted by Gasteiger charge is -2.26. The van der Waals surface area contributed by atoms with Crippen molar-refractivity contribution < 1.29 is 4.42 Å². The van der Waals surface area contributed by atoms with Crippen LogP contribution in [-0.2, 0) is 0 Å². The molecule has 3 aromatic heterocycles. The topological polar surface area (TPSA) is 34.2 Å². The summed E-state index contributed by atoms with van der Waals surface area (Å²) in [5.74, 6) is 0. The Labute approximate surface area is 305 Å². The van der Waals surface area contributed by atoms with Gasteiger partial charge in [0, 0.05) is 51.2 Å². The zero-order chi connectivity index (χ0) is 34.9. The van der Waals surface area contributed by atoms with E-state index in [0.717, 1.165) is 55.9 Å². The molecule has 0 atom stereocenters. The molecule has 248 valence electrons. The second-order valence-corrected chi connectivity index (χ2v) is 13.6. The Bertz CT molecular complexity index is 3210. The summed E-state index contributed by atoms with van der Waals surface area (Å²) in [5, 5.41) is 8.47. The van der Waals surface area contributed by atoms with Crippen LogP contribution in [0.25, 0.3) is 82.2 Å². The van der Waals surface area contributed by atoms with Crippen molar-refractivity contribution in [1.82, 2.24) is 9.55 Å². The van der Waals surface area contributed by atoms with E-state index in [9.17, 15) is 0 Å². The maximum atomic E-state index is 6.32. The van der Waals surface area contributed by atoms with Gasteiger partial charge in [0.2, 0.25) is 0 Å². The largest absolute Gasteiger partial charge is 0.454 e. The molecule has 0 fully saturated rings. The van der Waals surface area contributed by atoms with Crippen LogP contribution >= 0.6 is 0 Å². The number of aromatic nitrogens is 2. The Morgan fingerprint density at radius 2 is 1.15 bits per heavy atom. The van der Waals surface area contributed by atoms with Crippen molar-refractivity contribution in [2.45, 2.75) is 0 Å². The molecular formula is C49H31N3O. The smallest absolute Gasteiger partial charge is 0.153 e. The number of para-hydroxylation sites is 1. The van der Waals surface area contributed by atoms with E-state index in [4.69, 9.17) is 4.42 Å². The van der Waals surface area contributed by atoms with E-state index < -0.39 is 0 Å². The molecule has 0 unspecified atom stereocenters. The minimum absolute atomic E-state index is 0.787. The minimum Gasteiger partial charge on any atom is -0.454 e. The second kappa shape index (κ2) is 11.7. The van der Waals surface area contributed by atoms with Gasteiger partial charge in [0.15, 0.2) is 5.58 Å². The van der Waals surface area contributed by atoms with Gasteiger partial charge in [-0.05, 0) is 105 Å². The molecule has 0 saturated heterocycles. The minimum atomic E-state index is 0.787. The number of rotatable bonds is 5.